The van der Waals surface area contributed by atoms with Crippen LogP contribution in [0.15, 0.2) is 0 Å². The van der Waals surface area contributed by atoms with E-state index in [1.165, 1.54) is 31.4 Å². The summed E-state index contributed by atoms with van der Waals surface area (Å²) < 4.78 is 0. The van der Waals surface area contributed by atoms with Gasteiger partial charge in [-0.05, 0) is 51.4 Å². The maximum absolute atomic E-state index is 6.11. The van der Waals surface area contributed by atoms with E-state index in [-0.39, 0.29) is 0 Å². The topological polar surface area (TPSA) is 29.3 Å². The molecule has 0 radical (unpaired) electrons. The van der Waals surface area contributed by atoms with E-state index in [2.05, 4.69) is 25.1 Å². The van der Waals surface area contributed by atoms with Crippen LogP contribution in [0.2, 0.25) is 0 Å². The third-order valence-electron chi connectivity index (χ3n) is 3.50. The quantitative estimate of drug-likeness (QED) is 0.693. The maximum atomic E-state index is 6.11. The molecule has 90 valence electrons. The van der Waals surface area contributed by atoms with E-state index in [0.717, 1.165) is 18.5 Å². The summed E-state index contributed by atoms with van der Waals surface area (Å²) in [5, 5.41) is 0. The maximum Gasteiger partial charge on any atom is 0.0180 e. The Hall–Kier alpha value is 0.270. The fourth-order valence-electron chi connectivity index (χ4n) is 2.04. The zero-order valence-corrected chi connectivity index (χ0v) is 11.2. The van der Waals surface area contributed by atoms with Crippen molar-refractivity contribution in [3.05, 3.63) is 0 Å². The molecule has 2 atom stereocenters. The molecule has 2 nitrogen and oxygen atoms in total. The predicted molar refractivity (Wildman–Crippen MR) is 70.4 cm³/mol. The zero-order valence-electron chi connectivity index (χ0n) is 10.4. The Morgan fingerprint density at radius 3 is 2.60 bits per heavy atom. The number of nitrogens with two attached hydrogens (primary N) is 1. The second-order valence-electron chi connectivity index (χ2n) is 4.79. The summed E-state index contributed by atoms with van der Waals surface area (Å²) in [6.07, 6.45) is 7.34. The van der Waals surface area contributed by atoms with Crippen LogP contribution in [0, 0.1) is 5.92 Å². The van der Waals surface area contributed by atoms with E-state index in [1.54, 1.807) is 0 Å². The monoisotopic (exact) mass is 230 g/mol. The lowest BCUT2D eigenvalue weighted by molar-refractivity contribution is 0.243. The minimum Gasteiger partial charge on any atom is -0.327 e. The van der Waals surface area contributed by atoms with Gasteiger partial charge in [0.1, 0.15) is 0 Å². The van der Waals surface area contributed by atoms with Gasteiger partial charge in [0.25, 0.3) is 0 Å². The summed E-state index contributed by atoms with van der Waals surface area (Å²) in [5.41, 5.74) is 6.11. The normalized spacial score (nSPS) is 20.6. The molecule has 0 aromatic carbocycles. The van der Waals surface area contributed by atoms with E-state index < -0.39 is 0 Å². The lowest BCUT2D eigenvalue weighted by Gasteiger charge is -2.27. The third kappa shape index (κ3) is 4.75. The van der Waals surface area contributed by atoms with Gasteiger partial charge in [-0.25, -0.2) is 0 Å². The molecule has 0 spiro atoms. The van der Waals surface area contributed by atoms with Gasteiger partial charge >= 0.3 is 0 Å². The lowest BCUT2D eigenvalue weighted by Crippen LogP contribution is -2.37. The molecule has 0 heterocycles. The second kappa shape index (κ2) is 6.77. The Labute approximate surface area is 99.0 Å². The van der Waals surface area contributed by atoms with Crippen molar-refractivity contribution in [3.63, 3.8) is 0 Å². The van der Waals surface area contributed by atoms with Crippen molar-refractivity contribution in [2.45, 2.75) is 44.7 Å². The predicted octanol–water partition coefficient (Wildman–Crippen LogP) is 2.19. The minimum atomic E-state index is 0.458. The van der Waals surface area contributed by atoms with Gasteiger partial charge < -0.3 is 10.6 Å². The molecule has 2 N–H and O–H groups in total. The average molecular weight is 230 g/mol. The standard InChI is InChI=1S/C12H26N2S/c1-4-11(9-15-3)14(2)8-7-12(13)10-5-6-10/h10-12H,4-9,13H2,1-3H3. The molecular weight excluding hydrogens is 204 g/mol. The van der Waals surface area contributed by atoms with Crippen LogP contribution in [0.4, 0.5) is 0 Å². The molecule has 15 heavy (non-hydrogen) atoms. The summed E-state index contributed by atoms with van der Waals surface area (Å²) in [5.74, 6) is 2.09. The van der Waals surface area contributed by atoms with Crippen LogP contribution >= 0.6 is 11.8 Å². The smallest absolute Gasteiger partial charge is 0.0180 e. The highest BCUT2D eigenvalue weighted by Gasteiger charge is 2.28. The molecule has 2 unspecified atom stereocenters. The van der Waals surface area contributed by atoms with Crippen LogP contribution in [0.1, 0.15) is 32.6 Å². The number of rotatable bonds is 8. The summed E-state index contributed by atoms with van der Waals surface area (Å²) in [4.78, 5) is 2.48. The molecule has 0 bridgehead atoms. The van der Waals surface area contributed by atoms with E-state index in [9.17, 15) is 0 Å². The summed E-state index contributed by atoms with van der Waals surface area (Å²) in [6, 6.07) is 1.19. The highest BCUT2D eigenvalue weighted by molar-refractivity contribution is 7.98. The molecule has 1 aliphatic rings. The highest BCUT2D eigenvalue weighted by Crippen LogP contribution is 2.32. The molecule has 1 rings (SSSR count). The molecular formula is C12H26N2S. The highest BCUT2D eigenvalue weighted by atomic mass is 32.2. The Kier molecular flexibility index (Phi) is 6.02. The van der Waals surface area contributed by atoms with Gasteiger partial charge in [-0.2, -0.15) is 11.8 Å². The van der Waals surface area contributed by atoms with Crippen molar-refractivity contribution in [1.82, 2.24) is 4.90 Å². The minimum absolute atomic E-state index is 0.458. The molecule has 3 heteroatoms. The van der Waals surface area contributed by atoms with Gasteiger partial charge in [-0.3, -0.25) is 0 Å². The van der Waals surface area contributed by atoms with Gasteiger partial charge in [0.05, 0.1) is 0 Å². The van der Waals surface area contributed by atoms with Crippen molar-refractivity contribution >= 4 is 11.8 Å². The third-order valence-corrected chi connectivity index (χ3v) is 4.21. The van der Waals surface area contributed by atoms with E-state index in [4.69, 9.17) is 5.73 Å². The van der Waals surface area contributed by atoms with Crippen LogP contribution in [0.25, 0.3) is 0 Å². The van der Waals surface area contributed by atoms with Gasteiger partial charge in [0, 0.05) is 17.8 Å². The van der Waals surface area contributed by atoms with Crippen LogP contribution in [-0.2, 0) is 0 Å². The Bertz CT molecular complexity index is 171. The van der Waals surface area contributed by atoms with Crippen LogP contribution in [0.5, 0.6) is 0 Å². The first-order valence-corrected chi connectivity index (χ1v) is 7.53. The molecule has 1 fully saturated rings. The van der Waals surface area contributed by atoms with Crippen molar-refractivity contribution in [1.29, 1.82) is 0 Å². The van der Waals surface area contributed by atoms with Crippen molar-refractivity contribution < 1.29 is 0 Å². The van der Waals surface area contributed by atoms with Crippen LogP contribution < -0.4 is 5.73 Å². The largest absolute Gasteiger partial charge is 0.327 e. The van der Waals surface area contributed by atoms with Crippen molar-refractivity contribution in [3.8, 4) is 0 Å². The Morgan fingerprint density at radius 1 is 1.47 bits per heavy atom. The molecule has 0 aromatic rings. The first-order valence-electron chi connectivity index (χ1n) is 6.13. The Morgan fingerprint density at radius 2 is 2.13 bits per heavy atom. The fraction of sp³-hybridized carbons (Fsp3) is 1.00. The van der Waals surface area contributed by atoms with Gasteiger partial charge in [-0.15, -0.1) is 0 Å². The molecule has 0 aliphatic heterocycles. The molecule has 0 aromatic heterocycles. The van der Waals surface area contributed by atoms with Gasteiger partial charge in [-0.1, -0.05) is 6.92 Å². The fourth-order valence-corrected chi connectivity index (χ4v) is 2.92. The summed E-state index contributed by atoms with van der Waals surface area (Å²) in [7, 11) is 2.24. The number of thioether (sulfide) groups is 1. The molecule has 1 saturated carbocycles. The summed E-state index contributed by atoms with van der Waals surface area (Å²) in [6.45, 7) is 3.44. The second-order valence-corrected chi connectivity index (χ2v) is 5.70. The van der Waals surface area contributed by atoms with E-state index in [0.29, 0.717) is 6.04 Å². The summed E-state index contributed by atoms with van der Waals surface area (Å²) >= 11 is 1.94. The van der Waals surface area contributed by atoms with Gasteiger partial charge in [0.15, 0.2) is 0 Å². The van der Waals surface area contributed by atoms with Crippen molar-refractivity contribution in [2.75, 3.05) is 25.6 Å². The lowest BCUT2D eigenvalue weighted by atomic mass is 10.1. The zero-order chi connectivity index (χ0) is 11.3. The average Bonchev–Trinajstić information content (AvgIpc) is 3.05. The molecule has 0 saturated heterocycles. The van der Waals surface area contributed by atoms with E-state index in [1.807, 2.05) is 11.8 Å². The van der Waals surface area contributed by atoms with Crippen LogP contribution in [-0.4, -0.2) is 42.6 Å². The van der Waals surface area contributed by atoms with E-state index >= 15 is 0 Å². The number of hydrogen-bond acceptors (Lipinski definition) is 3. The first-order chi connectivity index (χ1) is 7.19. The SMILES string of the molecule is CCC(CSC)N(C)CCC(N)C1CC1. The number of nitrogens with zero attached hydrogens (tertiary/aromatic N) is 1. The first kappa shape index (κ1) is 13.3. The molecule has 0 amide bonds. The number of hydrogen-bond donors (Lipinski definition) is 1. The van der Waals surface area contributed by atoms with Gasteiger partial charge in [0.2, 0.25) is 0 Å². The molecule has 1 aliphatic carbocycles. The van der Waals surface area contributed by atoms with Crippen LogP contribution in [0.3, 0.4) is 0 Å². The Balaban J connectivity index is 2.16. The van der Waals surface area contributed by atoms with Crippen molar-refractivity contribution in [2.24, 2.45) is 11.7 Å².